The zero-order valence-corrected chi connectivity index (χ0v) is 11.3. The van der Waals surface area contributed by atoms with Crippen LogP contribution in [-0.2, 0) is 15.1 Å². The SMILES string of the molecule is Cc1noc([C@@]2(C)CN(C(=O)C(C)C)CCO2)n1. The predicted octanol–water partition coefficient (Wildman–Crippen LogP) is 1.11. The summed E-state index contributed by atoms with van der Waals surface area (Å²) in [7, 11) is 0. The van der Waals surface area contributed by atoms with Gasteiger partial charge in [0.25, 0.3) is 5.89 Å². The van der Waals surface area contributed by atoms with Gasteiger partial charge in [0.1, 0.15) is 0 Å². The Hall–Kier alpha value is -1.43. The molecule has 0 bridgehead atoms. The topological polar surface area (TPSA) is 68.5 Å². The maximum absolute atomic E-state index is 12.0. The van der Waals surface area contributed by atoms with Gasteiger partial charge in [-0.2, -0.15) is 4.98 Å². The van der Waals surface area contributed by atoms with Crippen LogP contribution in [0.4, 0.5) is 0 Å². The van der Waals surface area contributed by atoms with E-state index in [-0.39, 0.29) is 11.8 Å². The van der Waals surface area contributed by atoms with Crippen molar-refractivity contribution in [2.75, 3.05) is 19.7 Å². The Labute approximate surface area is 106 Å². The van der Waals surface area contributed by atoms with E-state index in [4.69, 9.17) is 9.26 Å². The van der Waals surface area contributed by atoms with E-state index in [1.165, 1.54) is 0 Å². The van der Waals surface area contributed by atoms with E-state index in [0.29, 0.717) is 31.4 Å². The Kier molecular flexibility index (Phi) is 3.38. The summed E-state index contributed by atoms with van der Waals surface area (Å²) in [6.45, 7) is 8.97. The van der Waals surface area contributed by atoms with E-state index in [2.05, 4.69) is 10.1 Å². The lowest BCUT2D eigenvalue weighted by atomic mass is 10.0. The van der Waals surface area contributed by atoms with Crippen LogP contribution < -0.4 is 0 Å². The highest BCUT2D eigenvalue weighted by molar-refractivity contribution is 5.78. The molecule has 0 spiro atoms. The standard InChI is InChI=1S/C12H19N3O3/c1-8(2)10(16)15-5-6-17-12(4,7-15)11-13-9(3)14-18-11/h8H,5-7H2,1-4H3/t12-/m1/s1. The largest absolute Gasteiger partial charge is 0.362 e. The smallest absolute Gasteiger partial charge is 0.260 e. The summed E-state index contributed by atoms with van der Waals surface area (Å²) >= 11 is 0. The summed E-state index contributed by atoms with van der Waals surface area (Å²) in [5.74, 6) is 1.11. The molecule has 2 heterocycles. The summed E-state index contributed by atoms with van der Waals surface area (Å²) in [6, 6.07) is 0. The van der Waals surface area contributed by atoms with Crippen molar-refractivity contribution in [2.45, 2.75) is 33.3 Å². The molecule has 100 valence electrons. The van der Waals surface area contributed by atoms with Crippen molar-refractivity contribution >= 4 is 5.91 Å². The van der Waals surface area contributed by atoms with Crippen LogP contribution in [0.25, 0.3) is 0 Å². The first-order valence-corrected chi connectivity index (χ1v) is 6.16. The van der Waals surface area contributed by atoms with E-state index < -0.39 is 5.60 Å². The zero-order chi connectivity index (χ0) is 13.3. The van der Waals surface area contributed by atoms with Crippen molar-refractivity contribution in [3.8, 4) is 0 Å². The number of ether oxygens (including phenoxy) is 1. The minimum absolute atomic E-state index is 0.0169. The molecule has 1 aliphatic heterocycles. The molecule has 2 rings (SSSR count). The summed E-state index contributed by atoms with van der Waals surface area (Å²) < 4.78 is 10.9. The van der Waals surface area contributed by atoms with Gasteiger partial charge in [0.05, 0.1) is 13.2 Å². The number of aryl methyl sites for hydroxylation is 1. The molecule has 1 amide bonds. The molecule has 0 aliphatic carbocycles. The maximum atomic E-state index is 12.0. The van der Waals surface area contributed by atoms with E-state index in [9.17, 15) is 4.79 Å². The van der Waals surface area contributed by atoms with Gasteiger partial charge in [-0.25, -0.2) is 0 Å². The molecule has 0 unspecified atom stereocenters. The highest BCUT2D eigenvalue weighted by Gasteiger charge is 2.40. The molecule has 0 aromatic carbocycles. The third kappa shape index (κ3) is 2.38. The van der Waals surface area contributed by atoms with Gasteiger partial charge in [0, 0.05) is 12.5 Å². The number of nitrogens with zero attached hydrogens (tertiary/aromatic N) is 3. The summed E-state index contributed by atoms with van der Waals surface area (Å²) in [5, 5.41) is 3.77. The highest BCUT2D eigenvalue weighted by atomic mass is 16.5. The highest BCUT2D eigenvalue weighted by Crippen LogP contribution is 2.28. The minimum Gasteiger partial charge on any atom is -0.362 e. The number of hydrogen-bond acceptors (Lipinski definition) is 5. The van der Waals surface area contributed by atoms with Crippen molar-refractivity contribution in [3.63, 3.8) is 0 Å². The van der Waals surface area contributed by atoms with Crippen LogP contribution in [0.2, 0.25) is 0 Å². The van der Waals surface area contributed by atoms with Gasteiger partial charge < -0.3 is 14.2 Å². The van der Waals surface area contributed by atoms with Gasteiger partial charge >= 0.3 is 0 Å². The fraction of sp³-hybridized carbons (Fsp3) is 0.750. The fourth-order valence-corrected chi connectivity index (χ4v) is 2.06. The van der Waals surface area contributed by atoms with E-state index >= 15 is 0 Å². The average Bonchev–Trinajstić information content (AvgIpc) is 2.75. The van der Waals surface area contributed by atoms with Gasteiger partial charge in [-0.15, -0.1) is 0 Å². The van der Waals surface area contributed by atoms with Crippen molar-refractivity contribution in [1.82, 2.24) is 15.0 Å². The molecule has 1 saturated heterocycles. The number of rotatable bonds is 2. The molecular weight excluding hydrogens is 234 g/mol. The predicted molar refractivity (Wildman–Crippen MR) is 63.8 cm³/mol. The summed E-state index contributed by atoms with van der Waals surface area (Å²) in [6.07, 6.45) is 0. The van der Waals surface area contributed by atoms with Gasteiger partial charge in [-0.1, -0.05) is 19.0 Å². The average molecular weight is 253 g/mol. The lowest BCUT2D eigenvalue weighted by molar-refractivity contribution is -0.156. The van der Waals surface area contributed by atoms with Crippen LogP contribution in [0.1, 0.15) is 32.5 Å². The Bertz CT molecular complexity index is 444. The number of morpholine rings is 1. The normalized spacial score (nSPS) is 24.6. The molecule has 6 nitrogen and oxygen atoms in total. The van der Waals surface area contributed by atoms with Crippen LogP contribution in [0.15, 0.2) is 4.52 Å². The Morgan fingerprint density at radius 2 is 2.22 bits per heavy atom. The number of aromatic nitrogens is 2. The molecule has 6 heteroatoms. The van der Waals surface area contributed by atoms with Crippen LogP contribution in [0.5, 0.6) is 0 Å². The third-order valence-electron chi connectivity index (χ3n) is 3.06. The van der Waals surface area contributed by atoms with Crippen LogP contribution >= 0.6 is 0 Å². The molecule has 0 radical (unpaired) electrons. The molecule has 1 aromatic heterocycles. The first-order valence-electron chi connectivity index (χ1n) is 6.16. The van der Waals surface area contributed by atoms with Crippen molar-refractivity contribution in [1.29, 1.82) is 0 Å². The van der Waals surface area contributed by atoms with Crippen LogP contribution in [0.3, 0.4) is 0 Å². The lowest BCUT2D eigenvalue weighted by Gasteiger charge is -2.38. The van der Waals surface area contributed by atoms with Gasteiger partial charge in [0.2, 0.25) is 5.91 Å². The number of hydrogen-bond donors (Lipinski definition) is 0. The lowest BCUT2D eigenvalue weighted by Crippen LogP contribution is -2.51. The molecule has 1 fully saturated rings. The maximum Gasteiger partial charge on any atom is 0.260 e. The van der Waals surface area contributed by atoms with E-state index in [0.717, 1.165) is 0 Å². The summed E-state index contributed by atoms with van der Waals surface area (Å²) in [5.41, 5.74) is -0.704. The second kappa shape index (κ2) is 4.68. The van der Waals surface area contributed by atoms with Crippen molar-refractivity contribution < 1.29 is 14.1 Å². The molecule has 18 heavy (non-hydrogen) atoms. The van der Waals surface area contributed by atoms with Crippen molar-refractivity contribution in [3.05, 3.63) is 11.7 Å². The minimum atomic E-state index is -0.704. The molecule has 1 aliphatic rings. The third-order valence-corrected chi connectivity index (χ3v) is 3.06. The quantitative estimate of drug-likeness (QED) is 0.789. The van der Waals surface area contributed by atoms with E-state index in [1.807, 2.05) is 20.8 Å². The van der Waals surface area contributed by atoms with Crippen LogP contribution in [0, 0.1) is 12.8 Å². The summed E-state index contributed by atoms with van der Waals surface area (Å²) in [4.78, 5) is 18.0. The first-order chi connectivity index (χ1) is 8.42. The van der Waals surface area contributed by atoms with Gasteiger partial charge in [-0.05, 0) is 13.8 Å². The molecule has 0 saturated carbocycles. The molecule has 0 N–H and O–H groups in total. The second-order valence-electron chi connectivity index (χ2n) is 5.14. The number of amides is 1. The Morgan fingerprint density at radius 3 is 2.78 bits per heavy atom. The van der Waals surface area contributed by atoms with Crippen molar-refractivity contribution in [2.24, 2.45) is 5.92 Å². The first kappa shape index (κ1) is 13.0. The Morgan fingerprint density at radius 1 is 1.50 bits per heavy atom. The van der Waals surface area contributed by atoms with Gasteiger partial charge in [0.15, 0.2) is 11.4 Å². The number of carbonyl (C=O) groups excluding carboxylic acids is 1. The number of carbonyl (C=O) groups is 1. The molecular formula is C12H19N3O3. The monoisotopic (exact) mass is 253 g/mol. The zero-order valence-electron chi connectivity index (χ0n) is 11.3. The van der Waals surface area contributed by atoms with Crippen LogP contribution in [-0.4, -0.2) is 40.6 Å². The second-order valence-corrected chi connectivity index (χ2v) is 5.14. The Balaban J connectivity index is 2.17. The molecule has 1 aromatic rings. The van der Waals surface area contributed by atoms with Gasteiger partial charge in [-0.3, -0.25) is 4.79 Å². The van der Waals surface area contributed by atoms with E-state index in [1.54, 1.807) is 11.8 Å². The fourth-order valence-electron chi connectivity index (χ4n) is 2.06. The molecule has 1 atom stereocenters.